The molecule has 0 unspecified atom stereocenters. The van der Waals surface area contributed by atoms with Crippen molar-refractivity contribution in [3.63, 3.8) is 0 Å². The Bertz CT molecular complexity index is 3010. The normalized spacial score (nSPS) is 11.1. The number of carboxylic acids is 2. The van der Waals surface area contributed by atoms with Crippen LogP contribution in [0.25, 0.3) is 10.9 Å². The Balaban J connectivity index is 0.000000238. The van der Waals surface area contributed by atoms with Crippen LogP contribution in [0.5, 0.6) is 34.8 Å². The van der Waals surface area contributed by atoms with Gasteiger partial charge in [-0.25, -0.2) is 24.1 Å². The Morgan fingerprint density at radius 3 is 2.01 bits per heavy atom. The predicted octanol–water partition coefficient (Wildman–Crippen LogP) is 8.93. The van der Waals surface area contributed by atoms with Crippen LogP contribution in [0.3, 0.4) is 0 Å². The Hall–Kier alpha value is -7.98. The van der Waals surface area contributed by atoms with Gasteiger partial charge in [0.25, 0.3) is 10.0 Å². The molecule has 0 aliphatic carbocycles. The summed E-state index contributed by atoms with van der Waals surface area (Å²) in [7, 11) is -2.66. The van der Waals surface area contributed by atoms with Crippen LogP contribution in [0, 0.1) is 10.1 Å². The van der Waals surface area contributed by atoms with Gasteiger partial charge in [0.2, 0.25) is 23.5 Å². The number of nitro groups is 1. The Morgan fingerprint density at radius 2 is 1.46 bits per heavy atom. The number of anilines is 1. The number of carboxylic acid groups (broad SMARTS) is 2. The second kappa shape index (κ2) is 23.4. The number of nitrogens with zero attached hydrogens (tertiary/aromatic N) is 5. The van der Waals surface area contributed by atoms with Gasteiger partial charge in [-0.1, -0.05) is 23.2 Å². The number of aliphatic carboxylic acids is 1. The van der Waals surface area contributed by atoms with Crippen molar-refractivity contribution in [2.24, 2.45) is 0 Å². The SMILES string of the molecule is CCOc1cc(Oc2ccc(C(F)(F)F)cc2Cl)ccc1[N+](=O)[O-].COc1cc(OC)nc(NC(=O)NS(=O)(=O)c2nc(C(F)(F)F)ccc2C(=O)O)n1.O=C(O)COc1ccc(Cl)c2cccnc12. The zero-order valence-corrected chi connectivity index (χ0v) is 37.8. The molecule has 372 valence electrons. The van der Waals surface area contributed by atoms with Crippen LogP contribution in [0.1, 0.15) is 28.5 Å². The van der Waals surface area contributed by atoms with E-state index in [1.165, 1.54) is 43.2 Å². The van der Waals surface area contributed by atoms with E-state index in [0.717, 1.165) is 23.6 Å². The molecular formula is C40H31Cl2F6N7O14S. The smallest absolute Gasteiger partial charge is 0.433 e. The zero-order chi connectivity index (χ0) is 52.1. The number of benzene rings is 3. The summed E-state index contributed by atoms with van der Waals surface area (Å²) in [5.74, 6) is -2.97. The molecule has 2 amide bonds. The van der Waals surface area contributed by atoms with Crippen LogP contribution in [0.4, 0.5) is 42.8 Å². The van der Waals surface area contributed by atoms with Crippen LogP contribution in [0.2, 0.25) is 10.0 Å². The number of methoxy groups -OCH3 is 2. The van der Waals surface area contributed by atoms with Gasteiger partial charge in [-0.2, -0.15) is 44.7 Å². The first-order valence-corrected chi connectivity index (χ1v) is 21.0. The van der Waals surface area contributed by atoms with Crippen LogP contribution >= 0.6 is 23.2 Å². The van der Waals surface area contributed by atoms with Crippen LogP contribution in [0.15, 0.2) is 90.1 Å². The van der Waals surface area contributed by atoms with Gasteiger partial charge >= 0.3 is 36.0 Å². The lowest BCUT2D eigenvalue weighted by atomic mass is 10.2. The molecule has 0 spiro atoms. The zero-order valence-electron chi connectivity index (χ0n) is 35.5. The number of fused-ring (bicyclic) bond motifs is 1. The van der Waals surface area contributed by atoms with Crippen molar-refractivity contribution in [2.75, 3.05) is 32.8 Å². The average Bonchev–Trinajstić information content (AvgIpc) is 3.28. The van der Waals surface area contributed by atoms with Crippen molar-refractivity contribution in [3.05, 3.63) is 122 Å². The first-order valence-electron chi connectivity index (χ1n) is 18.7. The number of aromatic carboxylic acids is 1. The van der Waals surface area contributed by atoms with E-state index in [2.05, 4.69) is 19.9 Å². The molecule has 3 aromatic heterocycles. The number of hydrogen-bond donors (Lipinski definition) is 4. The number of ether oxygens (including phenoxy) is 5. The second-order valence-corrected chi connectivity index (χ2v) is 15.3. The van der Waals surface area contributed by atoms with Gasteiger partial charge in [0.1, 0.15) is 28.5 Å². The van der Waals surface area contributed by atoms with E-state index in [0.29, 0.717) is 28.4 Å². The van der Waals surface area contributed by atoms with Crippen LogP contribution in [-0.4, -0.2) is 88.9 Å². The third-order valence-corrected chi connectivity index (χ3v) is 10.0. The van der Waals surface area contributed by atoms with Crippen molar-refractivity contribution in [1.82, 2.24) is 24.7 Å². The van der Waals surface area contributed by atoms with Gasteiger partial charge in [-0.05, 0) is 67.6 Å². The lowest BCUT2D eigenvalue weighted by Crippen LogP contribution is -2.36. The molecule has 0 saturated carbocycles. The molecule has 0 fully saturated rings. The number of nitro benzene ring substituents is 1. The molecule has 70 heavy (non-hydrogen) atoms. The number of sulfonamides is 1. The highest BCUT2D eigenvalue weighted by molar-refractivity contribution is 7.90. The summed E-state index contributed by atoms with van der Waals surface area (Å²) in [4.78, 5) is 58.2. The molecule has 0 atom stereocenters. The molecule has 0 aliphatic rings. The Kier molecular flexibility index (Phi) is 18.2. The third-order valence-electron chi connectivity index (χ3n) is 8.13. The second-order valence-electron chi connectivity index (χ2n) is 12.9. The van der Waals surface area contributed by atoms with Gasteiger partial charge < -0.3 is 33.9 Å². The van der Waals surface area contributed by atoms with Crippen molar-refractivity contribution in [3.8, 4) is 34.8 Å². The first-order chi connectivity index (χ1) is 32.8. The maximum atomic E-state index is 12.8. The summed E-state index contributed by atoms with van der Waals surface area (Å²) >= 11 is 11.8. The maximum absolute atomic E-state index is 12.8. The third kappa shape index (κ3) is 15.0. The van der Waals surface area contributed by atoms with E-state index in [1.807, 2.05) is 5.32 Å². The molecule has 30 heteroatoms. The number of aromatic nitrogens is 4. The lowest BCUT2D eigenvalue weighted by Gasteiger charge is -2.12. The highest BCUT2D eigenvalue weighted by Gasteiger charge is 2.36. The molecule has 6 rings (SSSR count). The number of amides is 2. The summed E-state index contributed by atoms with van der Waals surface area (Å²) in [6.45, 7) is 1.46. The van der Waals surface area contributed by atoms with Crippen molar-refractivity contribution >= 4 is 73.7 Å². The molecule has 0 aliphatic heterocycles. The molecule has 6 aromatic rings. The monoisotopic (exact) mass is 1050 g/mol. The van der Waals surface area contributed by atoms with Gasteiger partial charge in [-0.15, -0.1) is 0 Å². The minimum Gasteiger partial charge on any atom is -0.487 e. The quantitative estimate of drug-likeness (QED) is 0.0449. The van der Waals surface area contributed by atoms with E-state index >= 15 is 0 Å². The van der Waals surface area contributed by atoms with Crippen molar-refractivity contribution in [1.29, 1.82) is 0 Å². The highest BCUT2D eigenvalue weighted by atomic mass is 35.5. The number of pyridine rings is 2. The van der Waals surface area contributed by atoms with Crippen molar-refractivity contribution in [2.45, 2.75) is 24.3 Å². The summed E-state index contributed by atoms with van der Waals surface area (Å²) in [6.07, 6.45) is -7.97. The van der Waals surface area contributed by atoms with Gasteiger partial charge in [-0.3, -0.25) is 20.4 Å². The van der Waals surface area contributed by atoms with E-state index < -0.39 is 79.7 Å². The number of alkyl halides is 6. The number of hydrogen-bond acceptors (Lipinski definition) is 16. The molecule has 0 bridgehead atoms. The number of halogens is 8. The number of nitrogens with one attached hydrogen (secondary N) is 2. The average molecular weight is 1050 g/mol. The van der Waals surface area contributed by atoms with Crippen LogP contribution < -0.4 is 33.7 Å². The molecule has 21 nitrogen and oxygen atoms in total. The minimum atomic E-state index is -5.14. The summed E-state index contributed by atoms with van der Waals surface area (Å²) < 4.78 is 128. The predicted molar refractivity (Wildman–Crippen MR) is 231 cm³/mol. The first kappa shape index (κ1) is 54.6. The topological polar surface area (TPSA) is 291 Å². The van der Waals surface area contributed by atoms with Crippen LogP contribution in [-0.2, 0) is 27.2 Å². The summed E-state index contributed by atoms with van der Waals surface area (Å²) in [5.41, 5.74) is -3.34. The van der Waals surface area contributed by atoms with Crippen molar-refractivity contribution < 1.29 is 88.0 Å². The Labute approximate surface area is 399 Å². The number of carbonyl (C=O) groups is 3. The molecule has 0 saturated heterocycles. The number of urea groups is 1. The highest BCUT2D eigenvalue weighted by Crippen LogP contribution is 2.39. The maximum Gasteiger partial charge on any atom is 0.433 e. The van der Waals surface area contributed by atoms with E-state index in [-0.39, 0.29) is 46.3 Å². The molecule has 3 heterocycles. The number of rotatable bonds is 14. The van der Waals surface area contributed by atoms with Gasteiger partial charge in [0, 0.05) is 23.7 Å². The van der Waals surface area contributed by atoms with Gasteiger partial charge in [0.05, 0.1) is 53.0 Å². The minimum absolute atomic E-state index is 0.0111. The largest absolute Gasteiger partial charge is 0.487 e. The Morgan fingerprint density at radius 1 is 0.800 bits per heavy atom. The van der Waals surface area contributed by atoms with E-state index in [4.69, 9.17) is 57.1 Å². The van der Waals surface area contributed by atoms with E-state index in [9.17, 15) is 59.3 Å². The fourth-order valence-electron chi connectivity index (χ4n) is 5.17. The fourth-order valence-corrected chi connectivity index (χ4v) is 6.66. The fraction of sp³-hybridized carbons (Fsp3) is 0.175. The summed E-state index contributed by atoms with van der Waals surface area (Å²) in [5, 5.41) is 29.9. The molecular weight excluding hydrogens is 1020 g/mol. The number of carbonyl (C=O) groups excluding carboxylic acids is 1. The molecule has 0 radical (unpaired) electrons. The molecule has 4 N–H and O–H groups in total. The standard InChI is InChI=1S/C15H11ClF3NO4.C14H12F3N5O7S.C11H8ClNO3/c1-2-23-14-8-10(4-5-12(14)20(21)22)24-13-6-3-9(7-11(13)16)15(17,18)19;1-28-8-5-9(29-2)20-12(19-8)21-13(25)22-30(26,27)10-6(11(23)24)3-4-7(18-10)14(15,16)17;12-8-3-4-9(16-6-10(14)15)11-7(8)2-1-5-13-11/h3-8H,2H2,1H3;3-5H,1-2H3,(H,23,24)(H2,19,20,21,22,25);1-5H,6H2,(H,14,15). The lowest BCUT2D eigenvalue weighted by molar-refractivity contribution is -0.385. The summed E-state index contributed by atoms with van der Waals surface area (Å²) in [6, 6.07) is 13.7. The van der Waals surface area contributed by atoms with Gasteiger partial charge in [0.15, 0.2) is 11.6 Å². The van der Waals surface area contributed by atoms with E-state index in [1.54, 1.807) is 37.4 Å². The molecule has 3 aromatic carbocycles.